The molecule has 0 aromatic heterocycles. The van der Waals surface area contributed by atoms with Crippen molar-refractivity contribution in [3.05, 3.63) is 95.8 Å². The Morgan fingerprint density at radius 1 is 1.00 bits per heavy atom. The molecule has 0 saturated heterocycles. The minimum Gasteiger partial charge on any atom is -0.457 e. The first-order chi connectivity index (χ1) is 10.4. The molecule has 1 heterocycles. The van der Waals surface area contributed by atoms with Gasteiger partial charge in [0, 0.05) is 0 Å². The quantitative estimate of drug-likeness (QED) is 0.717. The Labute approximate surface area is 125 Å². The standard InChI is InChI=1S/C20H18O/c1-2-7-17-10-6-11-18-13-15-19(21-20(17)18)14-12-16-8-4-3-5-9-16/h2-6,8-12,14-15H,1,7,13H2. The molecule has 2 aromatic rings. The highest BCUT2D eigenvalue weighted by Crippen LogP contribution is 2.31. The van der Waals surface area contributed by atoms with E-state index in [4.69, 9.17) is 4.74 Å². The first-order valence-corrected chi connectivity index (χ1v) is 7.19. The molecule has 0 atom stereocenters. The third-order valence-corrected chi connectivity index (χ3v) is 3.53. The minimum atomic E-state index is 0.832. The zero-order valence-corrected chi connectivity index (χ0v) is 12.0. The highest BCUT2D eigenvalue weighted by atomic mass is 16.5. The minimum absolute atomic E-state index is 0.832. The molecule has 0 radical (unpaired) electrons. The van der Waals surface area contributed by atoms with Crippen LogP contribution in [-0.4, -0.2) is 0 Å². The zero-order valence-electron chi connectivity index (χ0n) is 12.0. The van der Waals surface area contributed by atoms with Crippen LogP contribution in [-0.2, 0) is 12.8 Å². The number of rotatable bonds is 4. The van der Waals surface area contributed by atoms with E-state index in [1.165, 1.54) is 16.7 Å². The lowest BCUT2D eigenvalue weighted by atomic mass is 10.0. The fraction of sp³-hybridized carbons (Fsp3) is 0.100. The van der Waals surface area contributed by atoms with Gasteiger partial charge < -0.3 is 4.74 Å². The summed E-state index contributed by atoms with van der Waals surface area (Å²) >= 11 is 0. The second kappa shape index (κ2) is 6.27. The highest BCUT2D eigenvalue weighted by Gasteiger charge is 2.14. The number of allylic oxidation sites excluding steroid dienone is 3. The van der Waals surface area contributed by atoms with E-state index in [9.17, 15) is 0 Å². The Kier molecular flexibility index (Phi) is 4.02. The first kappa shape index (κ1) is 13.4. The van der Waals surface area contributed by atoms with Gasteiger partial charge in [-0.25, -0.2) is 0 Å². The molecular formula is C20H18O. The van der Waals surface area contributed by atoms with E-state index in [-0.39, 0.29) is 0 Å². The van der Waals surface area contributed by atoms with E-state index in [1.807, 2.05) is 30.4 Å². The summed E-state index contributed by atoms with van der Waals surface area (Å²) in [6.45, 7) is 3.82. The summed E-state index contributed by atoms with van der Waals surface area (Å²) in [6, 6.07) is 16.6. The van der Waals surface area contributed by atoms with Gasteiger partial charge in [0.2, 0.25) is 0 Å². The molecule has 21 heavy (non-hydrogen) atoms. The van der Waals surface area contributed by atoms with Gasteiger partial charge in [0.15, 0.2) is 0 Å². The molecule has 0 unspecified atom stereocenters. The SMILES string of the molecule is C=CCc1cccc2c1OC(C=Cc1ccccc1)=CC2. The summed E-state index contributed by atoms with van der Waals surface area (Å²) in [5.74, 6) is 1.90. The van der Waals surface area contributed by atoms with Crippen LogP contribution in [0.4, 0.5) is 0 Å². The number of fused-ring (bicyclic) bond motifs is 1. The van der Waals surface area contributed by atoms with Gasteiger partial charge in [0.05, 0.1) is 0 Å². The molecule has 1 aliphatic heterocycles. The maximum Gasteiger partial charge on any atom is 0.134 e. The van der Waals surface area contributed by atoms with Crippen molar-refractivity contribution in [1.82, 2.24) is 0 Å². The lowest BCUT2D eigenvalue weighted by Crippen LogP contribution is -2.05. The summed E-state index contributed by atoms with van der Waals surface area (Å²) in [4.78, 5) is 0. The van der Waals surface area contributed by atoms with Crippen LogP contribution in [0.2, 0.25) is 0 Å². The van der Waals surface area contributed by atoms with Crippen LogP contribution in [0.3, 0.4) is 0 Å². The normalized spacial score (nSPS) is 13.4. The molecule has 0 saturated carbocycles. The Hall–Kier alpha value is -2.54. The number of para-hydroxylation sites is 1. The largest absolute Gasteiger partial charge is 0.457 e. The molecule has 104 valence electrons. The Morgan fingerprint density at radius 2 is 1.86 bits per heavy atom. The van der Waals surface area contributed by atoms with E-state index >= 15 is 0 Å². The van der Waals surface area contributed by atoms with Gasteiger partial charge in [-0.15, -0.1) is 6.58 Å². The van der Waals surface area contributed by atoms with Gasteiger partial charge in [0.1, 0.15) is 11.5 Å². The van der Waals surface area contributed by atoms with Crippen molar-refractivity contribution in [2.45, 2.75) is 12.8 Å². The van der Waals surface area contributed by atoms with Crippen molar-refractivity contribution in [3.8, 4) is 5.75 Å². The van der Waals surface area contributed by atoms with Gasteiger partial charge in [-0.1, -0.05) is 60.7 Å². The van der Waals surface area contributed by atoms with Crippen LogP contribution < -0.4 is 4.74 Å². The molecule has 1 aliphatic rings. The number of ether oxygens (including phenoxy) is 1. The van der Waals surface area contributed by atoms with Crippen molar-refractivity contribution in [1.29, 1.82) is 0 Å². The summed E-state index contributed by atoms with van der Waals surface area (Å²) in [7, 11) is 0. The summed E-state index contributed by atoms with van der Waals surface area (Å²) in [6.07, 6.45) is 9.89. The fourth-order valence-electron chi connectivity index (χ4n) is 2.46. The topological polar surface area (TPSA) is 9.23 Å². The lowest BCUT2D eigenvalue weighted by Gasteiger charge is -2.19. The predicted molar refractivity (Wildman–Crippen MR) is 88.2 cm³/mol. The van der Waals surface area contributed by atoms with Gasteiger partial charge in [0.25, 0.3) is 0 Å². The molecule has 0 N–H and O–H groups in total. The van der Waals surface area contributed by atoms with Crippen LogP contribution in [0, 0.1) is 0 Å². The summed E-state index contributed by atoms with van der Waals surface area (Å²) < 4.78 is 6.06. The monoisotopic (exact) mass is 274 g/mol. The molecule has 0 spiro atoms. The van der Waals surface area contributed by atoms with Crippen molar-refractivity contribution in [2.75, 3.05) is 0 Å². The molecule has 0 aliphatic carbocycles. The Morgan fingerprint density at radius 3 is 2.67 bits per heavy atom. The summed E-state index contributed by atoms with van der Waals surface area (Å²) in [5.41, 5.74) is 3.61. The second-order valence-electron chi connectivity index (χ2n) is 5.05. The van der Waals surface area contributed by atoms with E-state index in [0.717, 1.165) is 24.4 Å². The Balaban J connectivity index is 1.81. The molecule has 1 heteroatoms. The Bertz CT molecular complexity index is 693. The zero-order chi connectivity index (χ0) is 14.5. The maximum absolute atomic E-state index is 6.06. The van der Waals surface area contributed by atoms with Gasteiger partial charge in [-0.3, -0.25) is 0 Å². The van der Waals surface area contributed by atoms with Crippen molar-refractivity contribution in [3.63, 3.8) is 0 Å². The van der Waals surface area contributed by atoms with Gasteiger partial charge >= 0.3 is 0 Å². The first-order valence-electron chi connectivity index (χ1n) is 7.19. The predicted octanol–water partition coefficient (Wildman–Crippen LogP) is 4.95. The average Bonchev–Trinajstić information content (AvgIpc) is 2.54. The third kappa shape index (κ3) is 3.14. The number of hydrogen-bond acceptors (Lipinski definition) is 1. The van der Waals surface area contributed by atoms with E-state index in [0.29, 0.717) is 0 Å². The van der Waals surface area contributed by atoms with Gasteiger partial charge in [-0.05, 0) is 41.7 Å². The van der Waals surface area contributed by atoms with Crippen LogP contribution >= 0.6 is 0 Å². The van der Waals surface area contributed by atoms with Gasteiger partial charge in [-0.2, -0.15) is 0 Å². The molecule has 0 bridgehead atoms. The second-order valence-corrected chi connectivity index (χ2v) is 5.05. The average molecular weight is 274 g/mol. The highest BCUT2D eigenvalue weighted by molar-refractivity contribution is 5.54. The smallest absolute Gasteiger partial charge is 0.134 e. The number of benzene rings is 2. The van der Waals surface area contributed by atoms with E-state index < -0.39 is 0 Å². The molecule has 1 nitrogen and oxygen atoms in total. The summed E-state index contributed by atoms with van der Waals surface area (Å²) in [5, 5.41) is 0. The number of hydrogen-bond donors (Lipinski definition) is 0. The maximum atomic E-state index is 6.06. The molecule has 2 aromatic carbocycles. The van der Waals surface area contributed by atoms with Crippen molar-refractivity contribution >= 4 is 6.08 Å². The van der Waals surface area contributed by atoms with Crippen molar-refractivity contribution < 1.29 is 4.74 Å². The lowest BCUT2D eigenvalue weighted by molar-refractivity contribution is 0.424. The van der Waals surface area contributed by atoms with E-state index in [2.05, 4.69) is 49.1 Å². The van der Waals surface area contributed by atoms with Crippen LogP contribution in [0.15, 0.2) is 79.1 Å². The third-order valence-electron chi connectivity index (χ3n) is 3.53. The van der Waals surface area contributed by atoms with Crippen LogP contribution in [0.1, 0.15) is 16.7 Å². The molecule has 0 fully saturated rings. The molecule has 0 amide bonds. The van der Waals surface area contributed by atoms with Crippen molar-refractivity contribution in [2.24, 2.45) is 0 Å². The molecule has 3 rings (SSSR count). The van der Waals surface area contributed by atoms with Crippen LogP contribution in [0.25, 0.3) is 6.08 Å². The fourth-order valence-corrected chi connectivity index (χ4v) is 2.46. The van der Waals surface area contributed by atoms with Crippen LogP contribution in [0.5, 0.6) is 5.75 Å². The molecular weight excluding hydrogens is 256 g/mol. The van der Waals surface area contributed by atoms with E-state index in [1.54, 1.807) is 0 Å².